The van der Waals surface area contributed by atoms with Gasteiger partial charge in [0.1, 0.15) is 6.61 Å². The fourth-order valence-corrected chi connectivity index (χ4v) is 0.667. The van der Waals surface area contributed by atoms with Gasteiger partial charge in [-0.05, 0) is 20.3 Å². The quantitative estimate of drug-likeness (QED) is 0.604. The lowest BCUT2D eigenvalue weighted by molar-refractivity contribution is -0.126. The molecule has 0 amide bonds. The van der Waals surface area contributed by atoms with Crippen LogP contribution in [0.5, 0.6) is 0 Å². The predicted octanol–water partition coefficient (Wildman–Crippen LogP) is 0.884. The van der Waals surface area contributed by atoms with Gasteiger partial charge in [-0.2, -0.15) is 0 Å². The van der Waals surface area contributed by atoms with Gasteiger partial charge in [0.05, 0.1) is 12.1 Å². The smallest absolute Gasteiger partial charge is 0.175 e. The van der Waals surface area contributed by atoms with E-state index >= 15 is 0 Å². The largest absolute Gasteiger partial charge is 0.371 e. The van der Waals surface area contributed by atoms with Crippen molar-refractivity contribution in [2.75, 3.05) is 6.61 Å². The number of hydrogen-bond donors (Lipinski definition) is 1. The van der Waals surface area contributed by atoms with Crippen molar-refractivity contribution in [3.8, 4) is 0 Å². The van der Waals surface area contributed by atoms with E-state index in [-0.39, 0.29) is 18.5 Å². The maximum absolute atomic E-state index is 11.1. The number of ether oxygens (including phenoxy) is 1. The van der Waals surface area contributed by atoms with E-state index in [4.69, 9.17) is 10.5 Å². The van der Waals surface area contributed by atoms with Crippen LogP contribution >= 0.6 is 0 Å². The van der Waals surface area contributed by atoms with Crippen LogP contribution in [0.2, 0.25) is 0 Å². The second kappa shape index (κ2) is 5.91. The molecule has 1 atom stereocenters. The predicted molar refractivity (Wildman–Crippen MR) is 48.9 cm³/mol. The van der Waals surface area contributed by atoms with E-state index in [1.165, 1.54) is 0 Å². The summed E-state index contributed by atoms with van der Waals surface area (Å²) < 4.78 is 5.11. The summed E-state index contributed by atoms with van der Waals surface area (Å²) in [4.78, 5) is 11.1. The van der Waals surface area contributed by atoms with Gasteiger partial charge in [-0.15, -0.1) is 6.58 Å². The highest BCUT2D eigenvalue weighted by molar-refractivity contribution is 5.85. The molecule has 0 heterocycles. The Labute approximate surface area is 73.6 Å². The van der Waals surface area contributed by atoms with E-state index in [1.54, 1.807) is 6.08 Å². The first-order chi connectivity index (χ1) is 5.57. The van der Waals surface area contributed by atoms with Gasteiger partial charge in [-0.3, -0.25) is 4.79 Å². The van der Waals surface area contributed by atoms with E-state index in [1.807, 2.05) is 13.8 Å². The Hall–Kier alpha value is -0.670. The lowest BCUT2D eigenvalue weighted by atomic mass is 10.1. The molecular formula is C9H17NO2. The Balaban J connectivity index is 3.63. The summed E-state index contributed by atoms with van der Waals surface area (Å²) in [6.45, 7) is 7.37. The Bertz CT molecular complexity index is 155. The molecule has 0 spiro atoms. The van der Waals surface area contributed by atoms with E-state index < -0.39 is 6.04 Å². The van der Waals surface area contributed by atoms with Crippen LogP contribution in [-0.2, 0) is 9.53 Å². The molecule has 0 fully saturated rings. The summed E-state index contributed by atoms with van der Waals surface area (Å²) in [6.07, 6.45) is 2.22. The Morgan fingerprint density at radius 2 is 2.25 bits per heavy atom. The molecule has 0 radical (unpaired) electrons. The molecule has 0 aliphatic carbocycles. The van der Waals surface area contributed by atoms with Crippen molar-refractivity contribution in [2.24, 2.45) is 5.73 Å². The molecule has 0 saturated carbocycles. The number of carbonyl (C=O) groups excluding carboxylic acids is 1. The van der Waals surface area contributed by atoms with Crippen molar-refractivity contribution in [1.82, 2.24) is 0 Å². The molecule has 1 unspecified atom stereocenters. The number of Topliss-reactive ketones (excluding diaryl/α,β-unsaturated/α-hetero) is 1. The van der Waals surface area contributed by atoms with Gasteiger partial charge in [-0.25, -0.2) is 0 Å². The fourth-order valence-electron chi connectivity index (χ4n) is 0.667. The number of carbonyl (C=O) groups is 1. The highest BCUT2D eigenvalue weighted by Crippen LogP contribution is 1.94. The molecule has 70 valence electrons. The molecule has 0 aromatic heterocycles. The van der Waals surface area contributed by atoms with Crippen molar-refractivity contribution in [1.29, 1.82) is 0 Å². The standard InChI is InChI=1S/C9H17NO2/c1-4-5-8(10)9(11)6-12-7(2)3/h4,7-8H,1,5-6,10H2,2-3H3. The lowest BCUT2D eigenvalue weighted by Crippen LogP contribution is -2.33. The number of ketones is 1. The van der Waals surface area contributed by atoms with Crippen LogP contribution in [0.25, 0.3) is 0 Å². The van der Waals surface area contributed by atoms with Gasteiger partial charge >= 0.3 is 0 Å². The zero-order valence-electron chi connectivity index (χ0n) is 7.75. The van der Waals surface area contributed by atoms with Crippen molar-refractivity contribution < 1.29 is 9.53 Å². The number of rotatable bonds is 6. The van der Waals surface area contributed by atoms with Crippen LogP contribution in [0.3, 0.4) is 0 Å². The Morgan fingerprint density at radius 1 is 1.67 bits per heavy atom. The lowest BCUT2D eigenvalue weighted by Gasteiger charge is -2.10. The molecule has 2 N–H and O–H groups in total. The first-order valence-electron chi connectivity index (χ1n) is 4.08. The van der Waals surface area contributed by atoms with Gasteiger partial charge in [0.2, 0.25) is 0 Å². The molecule has 0 aromatic carbocycles. The molecular weight excluding hydrogens is 154 g/mol. The van der Waals surface area contributed by atoms with Crippen molar-refractivity contribution in [3.63, 3.8) is 0 Å². The monoisotopic (exact) mass is 171 g/mol. The van der Waals surface area contributed by atoms with Gasteiger partial charge in [0.15, 0.2) is 5.78 Å². The van der Waals surface area contributed by atoms with Crippen molar-refractivity contribution in [3.05, 3.63) is 12.7 Å². The SMILES string of the molecule is C=CCC(N)C(=O)COC(C)C. The van der Waals surface area contributed by atoms with Crippen LogP contribution in [-0.4, -0.2) is 24.5 Å². The highest BCUT2D eigenvalue weighted by atomic mass is 16.5. The molecule has 0 aliphatic rings. The zero-order valence-corrected chi connectivity index (χ0v) is 7.75. The summed E-state index contributed by atoms with van der Waals surface area (Å²) in [7, 11) is 0. The minimum Gasteiger partial charge on any atom is -0.371 e. The number of nitrogens with two attached hydrogens (primary N) is 1. The maximum Gasteiger partial charge on any atom is 0.175 e. The van der Waals surface area contributed by atoms with Gasteiger partial charge < -0.3 is 10.5 Å². The highest BCUT2D eigenvalue weighted by Gasteiger charge is 2.11. The van der Waals surface area contributed by atoms with E-state index in [2.05, 4.69) is 6.58 Å². The zero-order chi connectivity index (χ0) is 9.56. The third kappa shape index (κ3) is 5.04. The van der Waals surface area contributed by atoms with Gasteiger partial charge in [-0.1, -0.05) is 6.08 Å². The number of hydrogen-bond acceptors (Lipinski definition) is 3. The molecule has 3 heteroatoms. The second-order valence-corrected chi connectivity index (χ2v) is 2.96. The van der Waals surface area contributed by atoms with Crippen LogP contribution in [0.1, 0.15) is 20.3 Å². The Kier molecular flexibility index (Phi) is 5.58. The fraction of sp³-hybridized carbons (Fsp3) is 0.667. The van der Waals surface area contributed by atoms with E-state index in [9.17, 15) is 4.79 Å². The average Bonchev–Trinajstić information content (AvgIpc) is 2.00. The molecule has 0 aliphatic heterocycles. The molecule has 0 rings (SSSR count). The molecule has 3 nitrogen and oxygen atoms in total. The summed E-state index contributed by atoms with van der Waals surface area (Å²) in [6, 6.07) is -0.457. The molecule has 0 saturated heterocycles. The van der Waals surface area contributed by atoms with E-state index in [0.717, 1.165) is 0 Å². The minimum atomic E-state index is -0.457. The third-order valence-corrected chi connectivity index (χ3v) is 1.39. The normalized spacial score (nSPS) is 13.0. The van der Waals surface area contributed by atoms with Crippen LogP contribution in [0.4, 0.5) is 0 Å². The first kappa shape index (κ1) is 11.3. The van der Waals surface area contributed by atoms with Crippen LogP contribution < -0.4 is 5.73 Å². The minimum absolute atomic E-state index is 0.0661. The third-order valence-electron chi connectivity index (χ3n) is 1.39. The van der Waals surface area contributed by atoms with Gasteiger partial charge in [0, 0.05) is 0 Å². The Morgan fingerprint density at radius 3 is 2.67 bits per heavy atom. The van der Waals surface area contributed by atoms with Crippen molar-refractivity contribution >= 4 is 5.78 Å². The molecule has 12 heavy (non-hydrogen) atoms. The van der Waals surface area contributed by atoms with Crippen LogP contribution in [0.15, 0.2) is 12.7 Å². The van der Waals surface area contributed by atoms with Gasteiger partial charge in [0.25, 0.3) is 0 Å². The molecule has 0 bridgehead atoms. The topological polar surface area (TPSA) is 52.3 Å². The second-order valence-electron chi connectivity index (χ2n) is 2.96. The van der Waals surface area contributed by atoms with E-state index in [0.29, 0.717) is 6.42 Å². The summed E-state index contributed by atoms with van der Waals surface area (Å²) in [5.74, 6) is -0.0661. The summed E-state index contributed by atoms with van der Waals surface area (Å²) in [5, 5.41) is 0. The first-order valence-corrected chi connectivity index (χ1v) is 4.08. The average molecular weight is 171 g/mol. The maximum atomic E-state index is 11.1. The summed E-state index contributed by atoms with van der Waals surface area (Å²) in [5.41, 5.74) is 5.51. The summed E-state index contributed by atoms with van der Waals surface area (Å²) >= 11 is 0. The van der Waals surface area contributed by atoms with Crippen molar-refractivity contribution in [2.45, 2.75) is 32.4 Å². The molecule has 0 aromatic rings. The van der Waals surface area contributed by atoms with Crippen LogP contribution in [0, 0.1) is 0 Å².